The SMILES string of the molecule is CC1(C)N[C@H](c2cccc(Cl)c2)C[C@@H]1c1ccncc1.Cl.Cl. The van der Waals surface area contributed by atoms with Crippen LogP contribution in [0.25, 0.3) is 0 Å². The minimum absolute atomic E-state index is 0. The molecule has 1 N–H and O–H groups in total. The second-order valence-electron chi connectivity index (χ2n) is 6.04. The van der Waals surface area contributed by atoms with Crippen LogP contribution in [-0.4, -0.2) is 10.5 Å². The zero-order chi connectivity index (χ0) is 14.2. The average molecular weight is 360 g/mol. The third-order valence-electron chi connectivity index (χ3n) is 4.25. The Hall–Kier alpha value is -0.800. The van der Waals surface area contributed by atoms with E-state index in [0.29, 0.717) is 12.0 Å². The first kappa shape index (κ1) is 19.2. The molecule has 2 aromatic rings. The number of hydrogen-bond acceptors (Lipinski definition) is 2. The van der Waals surface area contributed by atoms with E-state index >= 15 is 0 Å². The fourth-order valence-electron chi connectivity index (χ4n) is 3.23. The summed E-state index contributed by atoms with van der Waals surface area (Å²) in [6.45, 7) is 4.53. The highest BCUT2D eigenvalue weighted by Crippen LogP contribution is 2.43. The molecule has 2 atom stereocenters. The van der Waals surface area contributed by atoms with Gasteiger partial charge in [0.2, 0.25) is 0 Å². The van der Waals surface area contributed by atoms with E-state index in [4.69, 9.17) is 11.6 Å². The van der Waals surface area contributed by atoms with Crippen molar-refractivity contribution in [3.63, 3.8) is 0 Å². The van der Waals surface area contributed by atoms with Crippen LogP contribution in [0.5, 0.6) is 0 Å². The molecule has 1 aliphatic rings. The Morgan fingerprint density at radius 2 is 1.77 bits per heavy atom. The summed E-state index contributed by atoms with van der Waals surface area (Å²) in [6, 6.07) is 12.7. The summed E-state index contributed by atoms with van der Waals surface area (Å²) in [5.74, 6) is 0.481. The van der Waals surface area contributed by atoms with E-state index in [1.54, 1.807) is 0 Å². The Bertz CT molecular complexity index is 602. The molecule has 1 aliphatic heterocycles. The molecule has 120 valence electrons. The van der Waals surface area contributed by atoms with Crippen LogP contribution >= 0.6 is 36.4 Å². The molecule has 0 radical (unpaired) electrons. The molecule has 3 rings (SSSR count). The maximum atomic E-state index is 6.11. The molecule has 0 amide bonds. The highest BCUT2D eigenvalue weighted by atomic mass is 35.5. The molecule has 0 unspecified atom stereocenters. The number of aromatic nitrogens is 1. The van der Waals surface area contributed by atoms with Crippen molar-refractivity contribution in [1.29, 1.82) is 0 Å². The number of nitrogens with one attached hydrogen (secondary N) is 1. The third kappa shape index (κ3) is 3.94. The largest absolute Gasteiger partial charge is 0.304 e. The van der Waals surface area contributed by atoms with Crippen LogP contribution in [0.4, 0.5) is 0 Å². The molecular formula is C17H21Cl3N2. The Balaban J connectivity index is 0.00000121. The zero-order valence-electron chi connectivity index (χ0n) is 12.6. The highest BCUT2D eigenvalue weighted by Gasteiger charge is 2.41. The molecule has 5 heteroatoms. The van der Waals surface area contributed by atoms with Crippen molar-refractivity contribution in [2.45, 2.75) is 37.8 Å². The summed E-state index contributed by atoms with van der Waals surface area (Å²) < 4.78 is 0. The fraction of sp³-hybridized carbons (Fsp3) is 0.353. The molecule has 2 nitrogen and oxygen atoms in total. The quantitative estimate of drug-likeness (QED) is 0.799. The lowest BCUT2D eigenvalue weighted by Crippen LogP contribution is -2.37. The van der Waals surface area contributed by atoms with Gasteiger partial charge in [-0.25, -0.2) is 0 Å². The van der Waals surface area contributed by atoms with Crippen molar-refractivity contribution in [2.75, 3.05) is 0 Å². The third-order valence-corrected chi connectivity index (χ3v) is 4.48. The molecule has 0 spiro atoms. The van der Waals surface area contributed by atoms with Crippen molar-refractivity contribution in [3.8, 4) is 0 Å². The van der Waals surface area contributed by atoms with Gasteiger partial charge in [-0.05, 0) is 55.7 Å². The van der Waals surface area contributed by atoms with Crippen molar-refractivity contribution in [3.05, 3.63) is 64.9 Å². The summed E-state index contributed by atoms with van der Waals surface area (Å²) in [5.41, 5.74) is 2.68. The number of benzene rings is 1. The van der Waals surface area contributed by atoms with Gasteiger partial charge in [-0.15, -0.1) is 24.8 Å². The lowest BCUT2D eigenvalue weighted by atomic mass is 9.83. The van der Waals surface area contributed by atoms with Crippen molar-refractivity contribution in [2.24, 2.45) is 0 Å². The second-order valence-corrected chi connectivity index (χ2v) is 6.48. The first-order chi connectivity index (χ1) is 9.56. The molecule has 0 bridgehead atoms. The predicted octanol–water partition coefficient (Wildman–Crippen LogP) is 5.18. The van der Waals surface area contributed by atoms with E-state index in [1.165, 1.54) is 11.1 Å². The molecule has 1 aromatic heterocycles. The van der Waals surface area contributed by atoms with Crippen molar-refractivity contribution >= 4 is 36.4 Å². The lowest BCUT2D eigenvalue weighted by molar-refractivity contribution is 0.397. The Morgan fingerprint density at radius 1 is 1.09 bits per heavy atom. The molecule has 22 heavy (non-hydrogen) atoms. The summed E-state index contributed by atoms with van der Waals surface area (Å²) in [6.07, 6.45) is 4.83. The number of hydrogen-bond donors (Lipinski definition) is 1. The summed E-state index contributed by atoms with van der Waals surface area (Å²) in [4.78, 5) is 4.12. The van der Waals surface area contributed by atoms with E-state index in [1.807, 2.05) is 24.5 Å². The molecular weight excluding hydrogens is 339 g/mol. The van der Waals surface area contributed by atoms with Gasteiger partial charge in [-0.3, -0.25) is 4.98 Å². The Kier molecular flexibility index (Phi) is 6.69. The predicted molar refractivity (Wildman–Crippen MR) is 97.5 cm³/mol. The molecule has 1 aromatic carbocycles. The molecule has 2 heterocycles. The standard InChI is InChI=1S/C17H19ClN2.2ClH/c1-17(2)15(12-6-8-19-9-7-12)11-16(20-17)13-4-3-5-14(18)10-13;;/h3-10,15-16,20H,11H2,1-2H3;2*1H/t15-,16+;;/m1../s1. The summed E-state index contributed by atoms with van der Waals surface area (Å²) in [5, 5.41) is 4.54. The van der Waals surface area contributed by atoms with Crippen LogP contribution in [-0.2, 0) is 0 Å². The smallest absolute Gasteiger partial charge is 0.0409 e. The number of pyridine rings is 1. The normalized spacial score (nSPS) is 22.5. The van der Waals surface area contributed by atoms with Crippen molar-refractivity contribution in [1.82, 2.24) is 10.3 Å². The highest BCUT2D eigenvalue weighted by molar-refractivity contribution is 6.30. The first-order valence-corrected chi connectivity index (χ1v) is 7.37. The van der Waals surface area contributed by atoms with E-state index in [2.05, 4.69) is 48.4 Å². The van der Waals surface area contributed by atoms with Crippen LogP contribution in [0.15, 0.2) is 48.8 Å². The average Bonchev–Trinajstić information content (AvgIpc) is 2.76. The van der Waals surface area contributed by atoms with Crippen LogP contribution in [0, 0.1) is 0 Å². The van der Waals surface area contributed by atoms with E-state index < -0.39 is 0 Å². The summed E-state index contributed by atoms with van der Waals surface area (Å²) in [7, 11) is 0. The topological polar surface area (TPSA) is 24.9 Å². The van der Waals surface area contributed by atoms with Gasteiger partial charge in [-0.1, -0.05) is 23.7 Å². The van der Waals surface area contributed by atoms with Gasteiger partial charge in [0.15, 0.2) is 0 Å². The van der Waals surface area contributed by atoms with Gasteiger partial charge in [0.05, 0.1) is 0 Å². The van der Waals surface area contributed by atoms with Gasteiger partial charge in [-0.2, -0.15) is 0 Å². The molecule has 0 aliphatic carbocycles. The van der Waals surface area contributed by atoms with E-state index in [9.17, 15) is 0 Å². The molecule has 0 saturated carbocycles. The van der Waals surface area contributed by atoms with Crippen LogP contribution in [0.1, 0.15) is 43.4 Å². The number of rotatable bonds is 2. The minimum Gasteiger partial charge on any atom is -0.304 e. The number of nitrogens with zero attached hydrogens (tertiary/aromatic N) is 1. The Morgan fingerprint density at radius 3 is 2.41 bits per heavy atom. The monoisotopic (exact) mass is 358 g/mol. The zero-order valence-corrected chi connectivity index (χ0v) is 15.0. The van der Waals surface area contributed by atoms with E-state index in [0.717, 1.165) is 11.4 Å². The van der Waals surface area contributed by atoms with Crippen molar-refractivity contribution < 1.29 is 0 Å². The number of halogens is 3. The summed E-state index contributed by atoms with van der Waals surface area (Å²) >= 11 is 6.11. The lowest BCUT2D eigenvalue weighted by Gasteiger charge is -2.27. The maximum absolute atomic E-state index is 6.11. The van der Waals surface area contributed by atoms with Gasteiger partial charge in [0.1, 0.15) is 0 Å². The maximum Gasteiger partial charge on any atom is 0.0409 e. The Labute approximate surface area is 149 Å². The molecule has 1 saturated heterocycles. The van der Waals surface area contributed by atoms with Crippen LogP contribution < -0.4 is 5.32 Å². The van der Waals surface area contributed by atoms with Gasteiger partial charge < -0.3 is 5.32 Å². The van der Waals surface area contributed by atoms with Gasteiger partial charge in [0, 0.05) is 34.9 Å². The van der Waals surface area contributed by atoms with Crippen LogP contribution in [0.2, 0.25) is 5.02 Å². The van der Waals surface area contributed by atoms with Gasteiger partial charge in [0.25, 0.3) is 0 Å². The molecule has 1 fully saturated rings. The van der Waals surface area contributed by atoms with E-state index in [-0.39, 0.29) is 30.4 Å². The second kappa shape index (κ2) is 7.65. The van der Waals surface area contributed by atoms with Crippen LogP contribution in [0.3, 0.4) is 0 Å². The fourth-order valence-corrected chi connectivity index (χ4v) is 3.43. The first-order valence-electron chi connectivity index (χ1n) is 6.99. The minimum atomic E-state index is 0. The van der Waals surface area contributed by atoms with Gasteiger partial charge >= 0.3 is 0 Å².